The number of fused-ring (bicyclic) bond motifs is 1. The Balaban J connectivity index is 1.41. The summed E-state index contributed by atoms with van der Waals surface area (Å²) in [6.07, 6.45) is 3.58. The number of rotatable bonds is 5. The van der Waals surface area contributed by atoms with Crippen LogP contribution in [0.3, 0.4) is 0 Å². The first-order chi connectivity index (χ1) is 12.7. The lowest BCUT2D eigenvalue weighted by Crippen LogP contribution is -2.56. The van der Waals surface area contributed by atoms with Crippen LogP contribution in [0, 0.1) is 0 Å². The molecule has 1 aliphatic heterocycles. The zero-order valence-electron chi connectivity index (χ0n) is 14.5. The number of nitrogens with one attached hydrogen (secondary N) is 2. The van der Waals surface area contributed by atoms with E-state index in [1.165, 1.54) is 16.5 Å². The molecular formula is C21H22ClN3O. The van der Waals surface area contributed by atoms with Crippen molar-refractivity contribution in [3.63, 3.8) is 0 Å². The molecule has 5 heteroatoms. The van der Waals surface area contributed by atoms with E-state index in [0.717, 1.165) is 36.6 Å². The van der Waals surface area contributed by atoms with Crippen LogP contribution < -0.4 is 5.32 Å². The van der Waals surface area contributed by atoms with E-state index in [2.05, 4.69) is 22.4 Å². The topological polar surface area (TPSA) is 48.1 Å². The van der Waals surface area contributed by atoms with E-state index in [9.17, 15) is 4.79 Å². The summed E-state index contributed by atoms with van der Waals surface area (Å²) in [5.41, 5.74) is 3.50. The molecule has 1 fully saturated rings. The van der Waals surface area contributed by atoms with Gasteiger partial charge >= 0.3 is 0 Å². The highest BCUT2D eigenvalue weighted by Gasteiger charge is 2.28. The molecule has 1 aliphatic rings. The Hall–Kier alpha value is -2.30. The number of hydrogen-bond donors (Lipinski definition) is 2. The van der Waals surface area contributed by atoms with Crippen LogP contribution in [0.15, 0.2) is 54.7 Å². The van der Waals surface area contributed by atoms with Crippen molar-refractivity contribution in [1.29, 1.82) is 0 Å². The molecule has 134 valence electrons. The lowest BCUT2D eigenvalue weighted by atomic mass is 10.0. The average Bonchev–Trinajstić information content (AvgIpc) is 3.07. The minimum Gasteiger partial charge on any atom is -0.361 e. The minimum atomic E-state index is -0.159. The molecule has 2 heterocycles. The van der Waals surface area contributed by atoms with Crippen LogP contribution in [0.5, 0.6) is 0 Å². The third kappa shape index (κ3) is 3.62. The van der Waals surface area contributed by atoms with Crippen molar-refractivity contribution in [3.05, 3.63) is 70.9 Å². The number of para-hydroxylation sites is 1. The predicted molar refractivity (Wildman–Crippen MR) is 106 cm³/mol. The molecule has 1 saturated heterocycles. The van der Waals surface area contributed by atoms with Crippen molar-refractivity contribution in [2.75, 3.05) is 19.6 Å². The van der Waals surface area contributed by atoms with Crippen LogP contribution in [0.25, 0.3) is 10.9 Å². The van der Waals surface area contributed by atoms with Gasteiger partial charge < -0.3 is 15.2 Å². The van der Waals surface area contributed by atoms with Gasteiger partial charge in [-0.15, -0.1) is 0 Å². The summed E-state index contributed by atoms with van der Waals surface area (Å²) in [5, 5.41) is 5.32. The van der Waals surface area contributed by atoms with Gasteiger partial charge in [-0.05, 0) is 42.2 Å². The van der Waals surface area contributed by atoms with Crippen LogP contribution in [-0.2, 0) is 17.6 Å². The Morgan fingerprint density at radius 3 is 2.77 bits per heavy atom. The van der Waals surface area contributed by atoms with Crippen molar-refractivity contribution < 1.29 is 4.79 Å². The van der Waals surface area contributed by atoms with Crippen LogP contribution in [0.2, 0.25) is 5.02 Å². The van der Waals surface area contributed by atoms with Gasteiger partial charge in [0.2, 0.25) is 5.91 Å². The van der Waals surface area contributed by atoms with Crippen molar-refractivity contribution in [1.82, 2.24) is 15.2 Å². The maximum absolute atomic E-state index is 12.9. The van der Waals surface area contributed by atoms with Crippen molar-refractivity contribution >= 4 is 28.4 Å². The fraction of sp³-hybridized carbons (Fsp3) is 0.286. The molecule has 0 saturated carbocycles. The SMILES string of the molecule is O=C1[C@@H](Cc2c[nH]c3ccccc23)NCCN1CCc1ccc(Cl)cc1. The molecule has 3 aromatic rings. The molecule has 2 N–H and O–H groups in total. The molecule has 1 aromatic heterocycles. The van der Waals surface area contributed by atoms with Gasteiger partial charge in [-0.25, -0.2) is 0 Å². The summed E-state index contributed by atoms with van der Waals surface area (Å²) in [4.78, 5) is 18.2. The van der Waals surface area contributed by atoms with Crippen molar-refractivity contribution in [2.45, 2.75) is 18.9 Å². The van der Waals surface area contributed by atoms with Crippen LogP contribution in [0.1, 0.15) is 11.1 Å². The fourth-order valence-corrected chi connectivity index (χ4v) is 3.73. The average molecular weight is 368 g/mol. The van der Waals surface area contributed by atoms with Crippen molar-refractivity contribution in [2.24, 2.45) is 0 Å². The number of aromatic nitrogens is 1. The molecule has 0 spiro atoms. The van der Waals surface area contributed by atoms with E-state index in [0.29, 0.717) is 6.42 Å². The number of hydrogen-bond acceptors (Lipinski definition) is 2. The van der Waals surface area contributed by atoms with E-state index >= 15 is 0 Å². The molecule has 4 nitrogen and oxygen atoms in total. The maximum Gasteiger partial charge on any atom is 0.240 e. The predicted octanol–water partition coefficient (Wildman–Crippen LogP) is 3.41. The first-order valence-electron chi connectivity index (χ1n) is 9.02. The van der Waals surface area contributed by atoms with Gasteiger partial charge in [0.25, 0.3) is 0 Å². The van der Waals surface area contributed by atoms with Gasteiger partial charge in [-0.1, -0.05) is 41.9 Å². The Kier molecular flexibility index (Phi) is 4.96. The third-order valence-electron chi connectivity index (χ3n) is 5.06. The molecular weight excluding hydrogens is 346 g/mol. The van der Waals surface area contributed by atoms with Crippen LogP contribution in [0.4, 0.5) is 0 Å². The number of amides is 1. The van der Waals surface area contributed by atoms with E-state index in [-0.39, 0.29) is 11.9 Å². The largest absolute Gasteiger partial charge is 0.361 e. The van der Waals surface area contributed by atoms with E-state index < -0.39 is 0 Å². The smallest absolute Gasteiger partial charge is 0.240 e. The zero-order chi connectivity index (χ0) is 17.9. The molecule has 4 rings (SSSR count). The standard InChI is InChI=1S/C21H22ClN3O/c22-17-7-5-15(6-8-17)9-11-25-12-10-23-20(21(25)26)13-16-14-24-19-4-2-1-3-18(16)19/h1-8,14,20,23-24H,9-13H2/t20-/m1/s1. The highest BCUT2D eigenvalue weighted by Crippen LogP contribution is 2.20. The second-order valence-corrected chi connectivity index (χ2v) is 7.21. The van der Waals surface area contributed by atoms with Gasteiger partial charge in [-0.2, -0.15) is 0 Å². The number of aromatic amines is 1. The number of piperazine rings is 1. The molecule has 1 amide bonds. The Bertz CT molecular complexity index is 903. The number of carbonyl (C=O) groups excluding carboxylic acids is 1. The van der Waals surface area contributed by atoms with E-state index in [4.69, 9.17) is 11.6 Å². The van der Waals surface area contributed by atoms with Crippen LogP contribution in [-0.4, -0.2) is 41.5 Å². The highest BCUT2D eigenvalue weighted by atomic mass is 35.5. The number of H-pyrrole nitrogens is 1. The molecule has 26 heavy (non-hydrogen) atoms. The molecule has 0 aliphatic carbocycles. The fourth-order valence-electron chi connectivity index (χ4n) is 3.61. The number of nitrogens with zero attached hydrogens (tertiary/aromatic N) is 1. The number of benzene rings is 2. The lowest BCUT2D eigenvalue weighted by molar-refractivity contribution is -0.135. The van der Waals surface area contributed by atoms with Gasteiger partial charge in [-0.3, -0.25) is 4.79 Å². The molecule has 2 aromatic carbocycles. The van der Waals surface area contributed by atoms with Gasteiger partial charge in [0.05, 0.1) is 6.04 Å². The molecule has 1 atom stereocenters. The third-order valence-corrected chi connectivity index (χ3v) is 5.32. The summed E-state index contributed by atoms with van der Waals surface area (Å²) < 4.78 is 0. The Morgan fingerprint density at radius 2 is 1.92 bits per heavy atom. The van der Waals surface area contributed by atoms with Crippen molar-refractivity contribution in [3.8, 4) is 0 Å². The highest BCUT2D eigenvalue weighted by molar-refractivity contribution is 6.30. The van der Waals surface area contributed by atoms with Gasteiger partial charge in [0, 0.05) is 41.8 Å². The molecule has 0 unspecified atom stereocenters. The lowest BCUT2D eigenvalue weighted by Gasteiger charge is -2.33. The first kappa shape index (κ1) is 17.1. The Labute approximate surface area is 158 Å². The van der Waals surface area contributed by atoms with E-state index in [1.807, 2.05) is 47.5 Å². The first-order valence-corrected chi connectivity index (χ1v) is 9.40. The number of carbonyl (C=O) groups is 1. The molecule has 0 bridgehead atoms. The quantitative estimate of drug-likeness (QED) is 0.726. The second-order valence-electron chi connectivity index (χ2n) is 6.77. The normalized spacial score (nSPS) is 17.8. The summed E-state index contributed by atoms with van der Waals surface area (Å²) in [5.74, 6) is 0.190. The van der Waals surface area contributed by atoms with Gasteiger partial charge in [0.1, 0.15) is 0 Å². The molecule has 0 radical (unpaired) electrons. The summed E-state index contributed by atoms with van der Waals surface area (Å²) in [6.45, 7) is 2.34. The maximum atomic E-state index is 12.9. The minimum absolute atomic E-state index is 0.159. The van der Waals surface area contributed by atoms with Gasteiger partial charge in [0.15, 0.2) is 0 Å². The summed E-state index contributed by atoms with van der Waals surface area (Å²) >= 11 is 5.94. The van der Waals surface area contributed by atoms with E-state index in [1.54, 1.807) is 0 Å². The summed E-state index contributed by atoms with van der Waals surface area (Å²) in [7, 11) is 0. The summed E-state index contributed by atoms with van der Waals surface area (Å²) in [6, 6.07) is 15.9. The Morgan fingerprint density at radius 1 is 1.12 bits per heavy atom. The monoisotopic (exact) mass is 367 g/mol. The van der Waals surface area contributed by atoms with Crippen LogP contribution >= 0.6 is 11.6 Å². The number of halogens is 1. The zero-order valence-corrected chi connectivity index (χ0v) is 15.3. The second kappa shape index (κ2) is 7.52.